The molecule has 0 atom stereocenters. The Kier molecular flexibility index (Phi) is 3.47. The van der Waals surface area contributed by atoms with E-state index >= 15 is 0 Å². The Hall–Kier alpha value is -1.05. The molecule has 0 aromatic rings. The van der Waals surface area contributed by atoms with Crippen LogP contribution in [0.3, 0.4) is 0 Å². The summed E-state index contributed by atoms with van der Waals surface area (Å²) < 4.78 is 12.3. The Morgan fingerprint density at radius 2 is 2.00 bits per heavy atom. The Morgan fingerprint density at radius 3 is 2.30 bits per heavy atom. The van der Waals surface area contributed by atoms with Gasteiger partial charge in [0, 0.05) is 5.57 Å². The molecule has 0 aliphatic heterocycles. The molecule has 0 spiro atoms. The third kappa shape index (κ3) is 2.49. The van der Waals surface area contributed by atoms with Crippen molar-refractivity contribution >= 4 is 0 Å². The molecule has 0 heterocycles. The lowest BCUT2D eigenvalue weighted by atomic mass is 10.2. The Balaban J connectivity index is 4.51. The van der Waals surface area contributed by atoms with E-state index in [1.165, 1.54) is 26.0 Å². The van der Waals surface area contributed by atoms with Crippen molar-refractivity contribution in [2.24, 2.45) is 0 Å². The minimum Gasteiger partial charge on any atom is -0.508 e. The van der Waals surface area contributed by atoms with Gasteiger partial charge >= 0.3 is 0 Å². The van der Waals surface area contributed by atoms with Crippen molar-refractivity contribution in [2.75, 3.05) is 0 Å². The van der Waals surface area contributed by atoms with E-state index in [9.17, 15) is 4.39 Å². The molecule has 0 aliphatic carbocycles. The zero-order chi connectivity index (χ0) is 8.15. The summed E-state index contributed by atoms with van der Waals surface area (Å²) in [5.74, 6) is -0.453. The maximum Gasteiger partial charge on any atom is 0.121 e. The van der Waals surface area contributed by atoms with Crippen molar-refractivity contribution in [3.63, 3.8) is 0 Å². The Bertz CT molecular complexity index is 185. The van der Waals surface area contributed by atoms with Crippen molar-refractivity contribution in [2.45, 2.75) is 13.8 Å². The smallest absolute Gasteiger partial charge is 0.121 e. The number of rotatable bonds is 2. The fourth-order valence-electron chi connectivity index (χ4n) is 0.413. The van der Waals surface area contributed by atoms with Crippen LogP contribution in [0.5, 0.6) is 0 Å². The van der Waals surface area contributed by atoms with E-state index in [1.54, 1.807) is 0 Å². The molecule has 1 N–H and O–H groups in total. The third-order valence-corrected chi connectivity index (χ3v) is 1.18. The van der Waals surface area contributed by atoms with E-state index in [1.807, 2.05) is 0 Å². The molecule has 0 aromatic carbocycles. The number of aliphatic hydroxyl groups excluding tert-OH is 1. The van der Waals surface area contributed by atoms with Gasteiger partial charge in [-0.2, -0.15) is 0 Å². The zero-order valence-corrected chi connectivity index (χ0v) is 6.19. The van der Waals surface area contributed by atoms with Gasteiger partial charge in [-0.1, -0.05) is 12.7 Å². The summed E-state index contributed by atoms with van der Waals surface area (Å²) in [7, 11) is 0. The summed E-state index contributed by atoms with van der Waals surface area (Å²) in [6.45, 7) is 6.16. The van der Waals surface area contributed by atoms with Crippen LogP contribution in [0.4, 0.5) is 4.39 Å². The molecule has 2 heteroatoms. The maximum atomic E-state index is 12.3. The predicted octanol–water partition coefficient (Wildman–Crippen LogP) is 2.88. The summed E-state index contributed by atoms with van der Waals surface area (Å²) in [5.41, 5.74) is 0.250. The van der Waals surface area contributed by atoms with Gasteiger partial charge in [0.1, 0.15) is 11.6 Å². The van der Waals surface area contributed by atoms with Crippen LogP contribution in [0, 0.1) is 0 Å². The lowest BCUT2D eigenvalue weighted by Crippen LogP contribution is -1.84. The van der Waals surface area contributed by atoms with Crippen molar-refractivity contribution in [3.8, 4) is 0 Å². The molecule has 1 nitrogen and oxygen atoms in total. The van der Waals surface area contributed by atoms with Gasteiger partial charge in [-0.15, -0.1) is 0 Å². The zero-order valence-electron chi connectivity index (χ0n) is 6.19. The molecular weight excluding hydrogens is 131 g/mol. The topological polar surface area (TPSA) is 20.2 Å². The van der Waals surface area contributed by atoms with E-state index < -0.39 is 0 Å². The van der Waals surface area contributed by atoms with Crippen LogP contribution >= 0.6 is 0 Å². The molecular formula is C8H11FO. The van der Waals surface area contributed by atoms with Gasteiger partial charge < -0.3 is 5.11 Å². The second-order valence-corrected chi connectivity index (χ2v) is 1.95. The summed E-state index contributed by atoms with van der Waals surface area (Å²) in [4.78, 5) is 0. The highest BCUT2D eigenvalue weighted by Gasteiger charge is 1.98. The lowest BCUT2D eigenvalue weighted by molar-refractivity contribution is 0.417. The second-order valence-electron chi connectivity index (χ2n) is 1.95. The number of hydrogen-bond donors (Lipinski definition) is 1. The quantitative estimate of drug-likeness (QED) is 0.464. The predicted molar refractivity (Wildman–Crippen MR) is 40.4 cm³/mol. The Labute approximate surface area is 60.2 Å². The monoisotopic (exact) mass is 142 g/mol. The second kappa shape index (κ2) is 3.88. The molecule has 0 fully saturated rings. The normalized spacial score (nSPS) is 14.5. The first-order valence-corrected chi connectivity index (χ1v) is 2.94. The molecule has 10 heavy (non-hydrogen) atoms. The van der Waals surface area contributed by atoms with Crippen molar-refractivity contribution in [1.82, 2.24) is 0 Å². The number of aliphatic hydroxyl groups is 1. The van der Waals surface area contributed by atoms with Crippen LogP contribution < -0.4 is 0 Å². The average Bonchev–Trinajstić information content (AvgIpc) is 1.87. The molecule has 0 bridgehead atoms. The SMILES string of the molecule is C=C/C=C(O)\C(C)=C(/C)F. The summed E-state index contributed by atoms with van der Waals surface area (Å²) in [6, 6.07) is 0. The van der Waals surface area contributed by atoms with Crippen LogP contribution in [0.25, 0.3) is 0 Å². The first-order valence-electron chi connectivity index (χ1n) is 2.94. The molecule has 56 valence electrons. The standard InChI is InChI=1S/C8H11FO/c1-4-5-8(10)6(2)7(3)9/h4-5,10H,1H2,2-3H3/b7-6+,8-5+. The van der Waals surface area contributed by atoms with Crippen molar-refractivity contribution < 1.29 is 9.50 Å². The molecule has 0 aliphatic rings. The summed E-state index contributed by atoms with van der Waals surface area (Å²) in [5, 5.41) is 8.98. The van der Waals surface area contributed by atoms with Gasteiger partial charge in [0.25, 0.3) is 0 Å². The third-order valence-electron chi connectivity index (χ3n) is 1.18. The highest BCUT2D eigenvalue weighted by molar-refractivity contribution is 5.27. The largest absolute Gasteiger partial charge is 0.508 e. The van der Waals surface area contributed by atoms with Gasteiger partial charge in [0.2, 0.25) is 0 Å². The maximum absolute atomic E-state index is 12.3. The molecule has 0 unspecified atom stereocenters. The summed E-state index contributed by atoms with van der Waals surface area (Å²) in [6.07, 6.45) is 2.75. The average molecular weight is 142 g/mol. The number of hydrogen-bond acceptors (Lipinski definition) is 1. The van der Waals surface area contributed by atoms with Gasteiger partial charge in [-0.05, 0) is 19.9 Å². The molecule has 0 aromatic heterocycles. The number of halogens is 1. The fraction of sp³-hybridized carbons (Fsp3) is 0.250. The molecule has 0 saturated carbocycles. The van der Waals surface area contributed by atoms with Crippen LogP contribution in [0.1, 0.15) is 13.8 Å². The van der Waals surface area contributed by atoms with E-state index in [0.717, 1.165) is 0 Å². The van der Waals surface area contributed by atoms with Crippen LogP contribution in [0.2, 0.25) is 0 Å². The van der Waals surface area contributed by atoms with E-state index in [2.05, 4.69) is 6.58 Å². The van der Waals surface area contributed by atoms with Crippen LogP contribution in [-0.4, -0.2) is 5.11 Å². The van der Waals surface area contributed by atoms with E-state index in [0.29, 0.717) is 0 Å². The highest BCUT2D eigenvalue weighted by Crippen LogP contribution is 2.11. The molecule has 0 radical (unpaired) electrons. The van der Waals surface area contributed by atoms with Crippen LogP contribution in [-0.2, 0) is 0 Å². The van der Waals surface area contributed by atoms with Gasteiger partial charge in [0.15, 0.2) is 0 Å². The molecule has 0 saturated heterocycles. The molecule has 0 amide bonds. The van der Waals surface area contributed by atoms with E-state index in [4.69, 9.17) is 5.11 Å². The van der Waals surface area contributed by atoms with Crippen molar-refractivity contribution in [1.29, 1.82) is 0 Å². The summed E-state index contributed by atoms with van der Waals surface area (Å²) >= 11 is 0. The van der Waals surface area contributed by atoms with Gasteiger partial charge in [0.05, 0.1) is 0 Å². The van der Waals surface area contributed by atoms with Gasteiger partial charge in [-0.3, -0.25) is 0 Å². The molecule has 0 rings (SSSR count). The minimum atomic E-state index is -0.379. The van der Waals surface area contributed by atoms with Crippen molar-refractivity contribution in [3.05, 3.63) is 35.9 Å². The van der Waals surface area contributed by atoms with Gasteiger partial charge in [-0.25, -0.2) is 4.39 Å². The first-order chi connectivity index (χ1) is 4.59. The Morgan fingerprint density at radius 1 is 1.50 bits per heavy atom. The lowest BCUT2D eigenvalue weighted by Gasteiger charge is -1.97. The minimum absolute atomic E-state index is 0.0741. The van der Waals surface area contributed by atoms with E-state index in [-0.39, 0.29) is 17.2 Å². The highest BCUT2D eigenvalue weighted by atomic mass is 19.1. The fourth-order valence-corrected chi connectivity index (χ4v) is 0.413. The number of allylic oxidation sites excluding steroid dienone is 4. The van der Waals surface area contributed by atoms with Crippen LogP contribution in [0.15, 0.2) is 35.9 Å². The first kappa shape index (κ1) is 8.95.